The first-order valence-electron chi connectivity index (χ1n) is 1.96. The number of hydrogen-bond acceptors (Lipinski definition) is 4. The maximum absolute atomic E-state index is 11.2. The summed E-state index contributed by atoms with van der Waals surface area (Å²) in [6, 6.07) is 0. The molecule has 0 fully saturated rings. The Morgan fingerprint density at radius 1 is 1.31 bits per heavy atom. The van der Waals surface area contributed by atoms with Crippen LogP contribution < -0.4 is 5.14 Å². The zero-order chi connectivity index (χ0) is 9.28. The first-order chi connectivity index (χ1) is 4.63. The maximum Gasteiger partial charge on any atom is 0.492 e. The second-order valence-electron chi connectivity index (χ2n) is 1.36. The molecule has 0 aliphatic rings. The minimum atomic E-state index is -5.35. The smallest absolute Gasteiger partial charge is 0.326 e. The van der Waals surface area contributed by atoms with E-state index in [1.54, 1.807) is 0 Å². The Hall–Kier alpha value is 0.339. The quantitative estimate of drug-likeness (QED) is 0.628. The van der Waals surface area contributed by atoms with Gasteiger partial charge in [0, 0.05) is 37.2 Å². The van der Waals surface area contributed by atoms with Crippen molar-refractivity contribution in [2.24, 2.45) is 5.14 Å². The maximum atomic E-state index is 11.2. The predicted molar refractivity (Wildman–Crippen MR) is 25.3 cm³/mol. The average molecular weight is 358 g/mol. The van der Waals surface area contributed by atoms with Gasteiger partial charge in [-0.2, -0.15) is 26.7 Å². The largest absolute Gasteiger partial charge is 0.492 e. The second kappa shape index (κ2) is 5.94. The minimum Gasteiger partial charge on any atom is -0.326 e. The first kappa shape index (κ1) is 19.0. The first-order valence-corrected chi connectivity index (χ1v) is 3.43. The third-order valence-electron chi connectivity index (χ3n) is 0.423. The molecule has 0 bridgehead atoms. The van der Waals surface area contributed by atoms with E-state index < -0.39 is 22.4 Å². The van der Waals surface area contributed by atoms with E-state index in [2.05, 4.69) is 9.32 Å². The van der Waals surface area contributed by atoms with Gasteiger partial charge in [-0.15, -0.1) is 0 Å². The zero-order valence-corrected chi connectivity index (χ0v) is 8.81. The Kier molecular flexibility index (Phi) is 8.68. The molecule has 0 amide bonds. The Bertz CT molecular complexity index is 263. The number of carbonyl (C=O) groups excluding carboxylic acids is 1. The number of nitrogens with two attached hydrogens (primary N) is 1. The van der Waals surface area contributed by atoms with Gasteiger partial charge in [-0.05, 0) is 0 Å². The van der Waals surface area contributed by atoms with Crippen molar-refractivity contribution in [3.05, 3.63) is 0 Å². The topological polar surface area (TPSA) is 86.5 Å². The van der Waals surface area contributed by atoms with Gasteiger partial charge in [0.25, 0.3) is 0 Å². The van der Waals surface area contributed by atoms with Crippen molar-refractivity contribution in [2.45, 2.75) is 6.18 Å². The van der Waals surface area contributed by atoms with Gasteiger partial charge >= 0.3 is 22.4 Å². The van der Waals surface area contributed by atoms with Crippen molar-refractivity contribution in [1.82, 2.24) is 0 Å². The van der Waals surface area contributed by atoms with Crippen LogP contribution in [0, 0.1) is 0 Å². The van der Waals surface area contributed by atoms with E-state index in [-0.39, 0.29) is 37.2 Å². The van der Waals surface area contributed by atoms with Crippen LogP contribution in [0.4, 0.5) is 13.2 Å². The molecule has 0 unspecified atom stereocenters. The fourth-order valence-corrected chi connectivity index (χ4v) is 0.458. The number of halogens is 3. The Morgan fingerprint density at radius 2 is 1.62 bits per heavy atom. The average Bonchev–Trinajstić information content (AvgIpc) is 1.56. The van der Waals surface area contributed by atoms with E-state index in [0.29, 0.717) is 0 Å². The summed E-state index contributed by atoms with van der Waals surface area (Å²) in [5, 5.41) is 3.96. The molecule has 0 aliphatic heterocycles. The van der Waals surface area contributed by atoms with Gasteiger partial charge in [0.2, 0.25) is 0 Å². The molecule has 0 aromatic rings. The van der Waals surface area contributed by atoms with Crippen molar-refractivity contribution in [2.75, 3.05) is 0 Å². The number of hydrogen-bond donors (Lipinski definition) is 1. The summed E-state index contributed by atoms with van der Waals surface area (Å²) >= 11 is 0. The van der Waals surface area contributed by atoms with Crippen LogP contribution in [0.3, 0.4) is 0 Å². The summed E-state index contributed by atoms with van der Waals surface area (Å²) < 4.78 is 55.8. The number of alkyl halides is 3. The molecular weight excluding hydrogens is 356 g/mol. The van der Waals surface area contributed by atoms with Gasteiger partial charge in [0.1, 0.15) is 0 Å². The summed E-state index contributed by atoms with van der Waals surface area (Å²) in [5.41, 5.74) is 0. The zero-order valence-electron chi connectivity index (χ0n) is 5.40. The van der Waals surface area contributed by atoms with Crippen LogP contribution in [-0.4, -0.2) is 20.6 Å². The van der Waals surface area contributed by atoms with Gasteiger partial charge in [-0.3, -0.25) is 0 Å². The molecule has 0 spiro atoms. The SMILES string of the molecule is NS(=O)(=O)OC(=O)C(F)(F)F.[Co].[Pd]. The molecule has 0 aliphatic carbocycles. The molecule has 1 radical (unpaired) electrons. The summed E-state index contributed by atoms with van der Waals surface area (Å²) in [7, 11) is -4.88. The van der Waals surface area contributed by atoms with Crippen molar-refractivity contribution in [3.63, 3.8) is 0 Å². The third kappa shape index (κ3) is 10.3. The van der Waals surface area contributed by atoms with Crippen LogP contribution in [0.5, 0.6) is 0 Å². The summed E-state index contributed by atoms with van der Waals surface area (Å²) in [6.45, 7) is 0. The molecule has 13 heavy (non-hydrogen) atoms. The minimum absolute atomic E-state index is 0. The Morgan fingerprint density at radius 3 is 1.69 bits per heavy atom. The Labute approximate surface area is 95.3 Å². The molecule has 0 heterocycles. The van der Waals surface area contributed by atoms with Crippen LogP contribution in [0.1, 0.15) is 0 Å². The van der Waals surface area contributed by atoms with E-state index in [1.165, 1.54) is 0 Å². The van der Waals surface area contributed by atoms with Crippen LogP contribution in [-0.2, 0) is 56.5 Å². The molecule has 0 aromatic carbocycles. The molecule has 11 heteroatoms. The molecule has 0 saturated heterocycles. The van der Waals surface area contributed by atoms with Gasteiger partial charge in [0.15, 0.2) is 0 Å². The molecule has 0 rings (SSSR count). The van der Waals surface area contributed by atoms with Crippen molar-refractivity contribution < 1.29 is 67.8 Å². The van der Waals surface area contributed by atoms with E-state index in [9.17, 15) is 26.4 Å². The van der Waals surface area contributed by atoms with Crippen molar-refractivity contribution >= 4 is 16.3 Å². The molecule has 85 valence electrons. The van der Waals surface area contributed by atoms with Crippen molar-refractivity contribution in [3.8, 4) is 0 Å². The second-order valence-corrected chi connectivity index (χ2v) is 2.51. The third-order valence-corrected chi connectivity index (χ3v) is 0.807. The van der Waals surface area contributed by atoms with Crippen LogP contribution >= 0.6 is 0 Å². The molecule has 0 saturated carbocycles. The van der Waals surface area contributed by atoms with E-state index in [4.69, 9.17) is 0 Å². The van der Waals surface area contributed by atoms with Crippen LogP contribution in [0.15, 0.2) is 0 Å². The molecule has 5 nitrogen and oxygen atoms in total. The fourth-order valence-electron chi connectivity index (χ4n) is 0.153. The summed E-state index contributed by atoms with van der Waals surface area (Å²) in [5.74, 6) is -2.86. The van der Waals surface area contributed by atoms with Crippen LogP contribution in [0.25, 0.3) is 0 Å². The molecule has 2 N–H and O–H groups in total. The normalized spacial score (nSPS) is 10.8. The number of rotatable bonds is 1. The van der Waals surface area contributed by atoms with Gasteiger partial charge in [0.05, 0.1) is 0 Å². The standard InChI is InChI=1S/C2H2F3NO4S.Co.Pd/c3-2(4,5)1(7)10-11(6,8)9;;/h(H2,6,8,9);;. The predicted octanol–water partition coefficient (Wildman–Crippen LogP) is -0.710. The Balaban J connectivity index is -0.000000500. The van der Waals surface area contributed by atoms with E-state index >= 15 is 0 Å². The van der Waals surface area contributed by atoms with E-state index in [0.717, 1.165) is 0 Å². The number of carbonyl (C=O) groups is 1. The fraction of sp³-hybridized carbons (Fsp3) is 0.500. The van der Waals surface area contributed by atoms with Gasteiger partial charge < -0.3 is 4.18 Å². The molecular formula is C2H2CoF3NO4PdS. The molecule has 0 atom stereocenters. The summed E-state index contributed by atoms with van der Waals surface area (Å²) in [4.78, 5) is 9.67. The summed E-state index contributed by atoms with van der Waals surface area (Å²) in [6.07, 6.45) is -5.35. The molecule has 0 aromatic heterocycles. The monoisotopic (exact) mass is 358 g/mol. The van der Waals surface area contributed by atoms with Crippen LogP contribution in [0.2, 0.25) is 0 Å². The van der Waals surface area contributed by atoms with Gasteiger partial charge in [-0.1, -0.05) is 0 Å². The van der Waals surface area contributed by atoms with E-state index in [1.807, 2.05) is 0 Å². The van der Waals surface area contributed by atoms with Crippen molar-refractivity contribution in [1.29, 1.82) is 0 Å². The van der Waals surface area contributed by atoms with Gasteiger partial charge in [-0.25, -0.2) is 4.79 Å².